The van der Waals surface area contributed by atoms with Crippen LogP contribution in [-0.4, -0.2) is 67.3 Å². The summed E-state index contributed by atoms with van der Waals surface area (Å²) in [5.74, 6) is 0. The Morgan fingerprint density at radius 1 is 0.815 bits per heavy atom. The van der Waals surface area contributed by atoms with Crippen molar-refractivity contribution < 1.29 is 13.3 Å². The zero-order valence-corrected chi connectivity index (χ0v) is 18.4. The molecule has 0 aromatic heterocycles. The van der Waals surface area contributed by atoms with Crippen LogP contribution >= 0.6 is 0 Å². The van der Waals surface area contributed by atoms with E-state index in [-0.39, 0.29) is 0 Å². The van der Waals surface area contributed by atoms with E-state index in [0.29, 0.717) is 50.3 Å². The molecule has 0 aliphatic rings. The van der Waals surface area contributed by atoms with Crippen molar-refractivity contribution in [1.29, 1.82) is 0 Å². The van der Waals surface area contributed by atoms with Crippen LogP contribution < -0.4 is 21.5 Å². The van der Waals surface area contributed by atoms with Crippen molar-refractivity contribution in [2.45, 2.75) is 39.7 Å². The first-order valence-corrected chi connectivity index (χ1v) is 11.7. The standard InChI is InChI=1S/C18H35N3O5Si/c1-6-24-27(25-7-2,26-8-3)14-10-12-20-16-15(17(22)18(16)23)19-11-9-13-21(4)5/h19-20H,6-14H2,1-5H3. The number of nitrogens with one attached hydrogen (secondary N) is 2. The summed E-state index contributed by atoms with van der Waals surface area (Å²) in [5.41, 5.74) is -0.0971. The molecule has 0 fully saturated rings. The molecular weight excluding hydrogens is 366 g/mol. The van der Waals surface area contributed by atoms with Crippen LogP contribution in [0.5, 0.6) is 0 Å². The van der Waals surface area contributed by atoms with Gasteiger partial charge in [-0.15, -0.1) is 0 Å². The lowest BCUT2D eigenvalue weighted by Gasteiger charge is -2.28. The first-order chi connectivity index (χ1) is 12.9. The van der Waals surface area contributed by atoms with E-state index in [4.69, 9.17) is 13.3 Å². The summed E-state index contributed by atoms with van der Waals surface area (Å²) in [7, 11) is 1.33. The normalized spacial score (nSPS) is 12.1. The van der Waals surface area contributed by atoms with Crippen molar-refractivity contribution in [3.63, 3.8) is 0 Å². The fourth-order valence-electron chi connectivity index (χ4n) is 2.86. The Labute approximate surface area is 163 Å². The Kier molecular flexibility index (Phi) is 10.8. The third-order valence-corrected chi connectivity index (χ3v) is 7.20. The van der Waals surface area contributed by atoms with Gasteiger partial charge >= 0.3 is 8.80 Å². The van der Waals surface area contributed by atoms with E-state index < -0.39 is 19.7 Å². The van der Waals surface area contributed by atoms with Gasteiger partial charge in [-0.3, -0.25) is 9.59 Å². The Hall–Kier alpha value is -1.26. The maximum absolute atomic E-state index is 11.8. The van der Waals surface area contributed by atoms with Gasteiger partial charge in [-0.1, -0.05) is 0 Å². The monoisotopic (exact) mass is 401 g/mol. The highest BCUT2D eigenvalue weighted by Gasteiger charge is 2.39. The highest BCUT2D eigenvalue weighted by atomic mass is 28.4. The van der Waals surface area contributed by atoms with Gasteiger partial charge in [0, 0.05) is 39.0 Å². The van der Waals surface area contributed by atoms with Crippen molar-refractivity contribution in [3.8, 4) is 0 Å². The molecule has 27 heavy (non-hydrogen) atoms. The lowest BCUT2D eigenvalue weighted by atomic mass is 10.2. The largest absolute Gasteiger partial charge is 0.500 e. The molecule has 0 radical (unpaired) electrons. The minimum Gasteiger partial charge on any atom is -0.380 e. The minimum atomic E-state index is -2.67. The van der Waals surface area contributed by atoms with Crippen molar-refractivity contribution in [1.82, 2.24) is 4.90 Å². The third kappa shape index (κ3) is 7.34. The number of hydrogen-bond acceptors (Lipinski definition) is 8. The molecule has 2 N–H and O–H groups in total. The topological polar surface area (TPSA) is 89.1 Å². The second-order valence-electron chi connectivity index (χ2n) is 6.50. The molecule has 0 atom stereocenters. The molecule has 0 saturated heterocycles. The molecule has 9 heteroatoms. The van der Waals surface area contributed by atoms with Gasteiger partial charge in [0.1, 0.15) is 11.4 Å². The fourth-order valence-corrected chi connectivity index (χ4v) is 5.47. The Morgan fingerprint density at radius 3 is 1.67 bits per heavy atom. The van der Waals surface area contributed by atoms with Gasteiger partial charge in [0.05, 0.1) is 0 Å². The van der Waals surface area contributed by atoms with Gasteiger partial charge < -0.3 is 28.8 Å². The smallest absolute Gasteiger partial charge is 0.380 e. The van der Waals surface area contributed by atoms with Crippen LogP contribution in [-0.2, 0) is 13.3 Å². The number of hydrogen-bond donors (Lipinski definition) is 2. The Morgan fingerprint density at radius 2 is 1.26 bits per heavy atom. The zero-order valence-electron chi connectivity index (χ0n) is 17.4. The molecule has 0 heterocycles. The van der Waals surface area contributed by atoms with Gasteiger partial charge in [0.2, 0.25) is 0 Å². The average Bonchev–Trinajstić information content (AvgIpc) is 2.62. The van der Waals surface area contributed by atoms with Crippen molar-refractivity contribution in [2.24, 2.45) is 0 Å². The fraction of sp³-hybridized carbons (Fsp3) is 0.778. The summed E-state index contributed by atoms with van der Waals surface area (Å²) >= 11 is 0. The SMILES string of the molecule is CCO[Si](CCCNc1c(NCCCN(C)C)c(=O)c1=O)(OCC)OCC. The van der Waals surface area contributed by atoms with E-state index in [1.807, 2.05) is 34.9 Å². The quantitative estimate of drug-likeness (QED) is 0.245. The summed E-state index contributed by atoms with van der Waals surface area (Å²) in [6, 6.07) is 0.663. The van der Waals surface area contributed by atoms with Crippen LogP contribution in [0.4, 0.5) is 11.4 Å². The van der Waals surface area contributed by atoms with E-state index in [0.717, 1.165) is 19.4 Å². The van der Waals surface area contributed by atoms with Crippen LogP contribution in [0.25, 0.3) is 0 Å². The van der Waals surface area contributed by atoms with E-state index in [2.05, 4.69) is 15.5 Å². The molecule has 1 aromatic carbocycles. The summed E-state index contributed by atoms with van der Waals surface area (Å²) < 4.78 is 17.5. The predicted molar refractivity (Wildman–Crippen MR) is 112 cm³/mol. The van der Waals surface area contributed by atoms with Crippen LogP contribution in [0.3, 0.4) is 0 Å². The highest BCUT2D eigenvalue weighted by Crippen LogP contribution is 2.19. The predicted octanol–water partition coefficient (Wildman–Crippen LogP) is 1.50. The molecule has 1 rings (SSSR count). The minimum absolute atomic E-state index is 0.390. The van der Waals surface area contributed by atoms with Gasteiger partial charge in [-0.05, 0) is 54.3 Å². The maximum atomic E-state index is 11.8. The van der Waals surface area contributed by atoms with Crippen LogP contribution in [0.1, 0.15) is 33.6 Å². The number of rotatable bonds is 16. The van der Waals surface area contributed by atoms with Gasteiger partial charge in [-0.25, -0.2) is 0 Å². The lowest BCUT2D eigenvalue weighted by molar-refractivity contribution is 0.0710. The molecule has 1 aromatic rings. The first-order valence-electron chi connectivity index (χ1n) is 9.78. The number of nitrogens with zero attached hydrogens (tertiary/aromatic N) is 1. The molecule has 0 amide bonds. The van der Waals surface area contributed by atoms with Crippen molar-refractivity contribution >= 4 is 20.2 Å². The van der Waals surface area contributed by atoms with Gasteiger partial charge in [-0.2, -0.15) is 0 Å². The Balaban J connectivity index is 2.52. The van der Waals surface area contributed by atoms with E-state index in [1.54, 1.807) is 0 Å². The van der Waals surface area contributed by atoms with E-state index in [9.17, 15) is 9.59 Å². The van der Waals surface area contributed by atoms with Gasteiger partial charge in [0.25, 0.3) is 10.9 Å². The highest BCUT2D eigenvalue weighted by molar-refractivity contribution is 6.60. The second kappa shape index (κ2) is 12.2. The van der Waals surface area contributed by atoms with Gasteiger partial charge in [0.15, 0.2) is 0 Å². The molecule has 0 spiro atoms. The summed E-state index contributed by atoms with van der Waals surface area (Å²) in [4.78, 5) is 25.7. The molecule has 0 saturated carbocycles. The second-order valence-corrected chi connectivity index (χ2v) is 9.24. The zero-order chi connectivity index (χ0) is 20.3. The first kappa shape index (κ1) is 23.8. The molecule has 0 unspecified atom stereocenters. The maximum Gasteiger partial charge on any atom is 0.500 e. The third-order valence-electron chi connectivity index (χ3n) is 4.05. The summed E-state index contributed by atoms with van der Waals surface area (Å²) in [5, 5.41) is 6.17. The molecule has 156 valence electrons. The van der Waals surface area contributed by atoms with Crippen molar-refractivity contribution in [2.75, 3.05) is 64.2 Å². The summed E-state index contributed by atoms with van der Waals surface area (Å²) in [6.45, 7) is 9.54. The molecular formula is C18H35N3O5Si. The van der Waals surface area contributed by atoms with Crippen LogP contribution in [0.15, 0.2) is 9.59 Å². The van der Waals surface area contributed by atoms with E-state index >= 15 is 0 Å². The van der Waals surface area contributed by atoms with Crippen LogP contribution in [0, 0.1) is 0 Å². The Bertz CT molecular complexity index is 599. The lowest BCUT2D eigenvalue weighted by Crippen LogP contribution is -2.46. The average molecular weight is 402 g/mol. The summed E-state index contributed by atoms with van der Waals surface area (Å²) in [6.07, 6.45) is 1.63. The molecule has 0 aliphatic carbocycles. The molecule has 0 aliphatic heterocycles. The van der Waals surface area contributed by atoms with E-state index in [1.165, 1.54) is 0 Å². The molecule has 8 nitrogen and oxygen atoms in total. The number of anilines is 2. The van der Waals surface area contributed by atoms with Crippen molar-refractivity contribution in [3.05, 3.63) is 20.4 Å². The molecule has 0 bridgehead atoms. The van der Waals surface area contributed by atoms with Crippen LogP contribution in [0.2, 0.25) is 6.04 Å².